The van der Waals surface area contributed by atoms with Gasteiger partial charge < -0.3 is 16.2 Å². The number of thiophene rings is 1. The number of carbonyl (C=O) groups excluding carboxylic acids is 2. The molecule has 2 rings (SSSR count). The van der Waals surface area contributed by atoms with Crippen LogP contribution < -0.4 is 11.1 Å². The van der Waals surface area contributed by atoms with E-state index in [1.807, 2.05) is 0 Å². The molecule has 6 nitrogen and oxygen atoms in total. The average Bonchev–Trinajstić information content (AvgIpc) is 2.82. The van der Waals surface area contributed by atoms with Crippen molar-refractivity contribution in [3.63, 3.8) is 0 Å². The lowest BCUT2D eigenvalue weighted by molar-refractivity contribution is -0.137. The van der Waals surface area contributed by atoms with Gasteiger partial charge in [-0.25, -0.2) is 0 Å². The lowest BCUT2D eigenvalue weighted by atomic mass is 9.72. The summed E-state index contributed by atoms with van der Waals surface area (Å²) in [7, 11) is 0. The minimum atomic E-state index is -0.926. The Labute approximate surface area is 151 Å². The quantitative estimate of drug-likeness (QED) is 0.718. The number of amides is 2. The second kappa shape index (κ2) is 7.56. The van der Waals surface area contributed by atoms with E-state index in [-0.39, 0.29) is 30.6 Å². The van der Waals surface area contributed by atoms with Gasteiger partial charge in [0.2, 0.25) is 5.91 Å². The van der Waals surface area contributed by atoms with Crippen LogP contribution in [0.5, 0.6) is 0 Å². The number of hydrogen-bond donors (Lipinski definition) is 3. The van der Waals surface area contributed by atoms with Gasteiger partial charge in [-0.1, -0.05) is 20.8 Å². The summed E-state index contributed by atoms with van der Waals surface area (Å²) in [5.74, 6) is -1.20. The predicted octanol–water partition coefficient (Wildman–Crippen LogP) is 3.19. The molecular formula is C18H26N2O4S. The van der Waals surface area contributed by atoms with Crippen molar-refractivity contribution in [3.8, 4) is 0 Å². The normalized spacial score (nSPS) is 17.0. The maximum atomic E-state index is 12.1. The summed E-state index contributed by atoms with van der Waals surface area (Å²) in [6, 6.07) is 0. The van der Waals surface area contributed by atoms with Crippen molar-refractivity contribution in [1.82, 2.24) is 0 Å². The van der Waals surface area contributed by atoms with Crippen LogP contribution in [0.15, 0.2) is 0 Å². The Morgan fingerprint density at radius 1 is 1.28 bits per heavy atom. The Balaban J connectivity index is 2.17. The summed E-state index contributed by atoms with van der Waals surface area (Å²) >= 11 is 1.43. The molecule has 2 amide bonds. The number of anilines is 1. The van der Waals surface area contributed by atoms with E-state index in [1.165, 1.54) is 11.3 Å². The van der Waals surface area contributed by atoms with Gasteiger partial charge >= 0.3 is 5.97 Å². The molecule has 1 unspecified atom stereocenters. The molecule has 0 saturated heterocycles. The predicted molar refractivity (Wildman–Crippen MR) is 97.9 cm³/mol. The van der Waals surface area contributed by atoms with E-state index >= 15 is 0 Å². The monoisotopic (exact) mass is 366 g/mol. The lowest BCUT2D eigenvalue weighted by Crippen LogP contribution is -2.27. The highest BCUT2D eigenvalue weighted by molar-refractivity contribution is 7.17. The highest BCUT2D eigenvalue weighted by Crippen LogP contribution is 2.44. The molecule has 7 heteroatoms. The fourth-order valence-electron chi connectivity index (χ4n) is 3.26. The lowest BCUT2D eigenvalue weighted by Gasteiger charge is -2.33. The smallest absolute Gasteiger partial charge is 0.303 e. The highest BCUT2D eigenvalue weighted by Gasteiger charge is 2.33. The van der Waals surface area contributed by atoms with Crippen molar-refractivity contribution < 1.29 is 19.5 Å². The molecule has 0 radical (unpaired) electrons. The third-order valence-electron chi connectivity index (χ3n) is 4.78. The van der Waals surface area contributed by atoms with Crippen LogP contribution in [0.2, 0.25) is 0 Å². The van der Waals surface area contributed by atoms with Crippen LogP contribution in [-0.2, 0) is 22.4 Å². The maximum absolute atomic E-state index is 12.1. The number of carboxylic acids is 1. The SMILES string of the molecule is CC(C)(C)C1CCc2c(sc(NC(=O)CCCC(=O)O)c2C(N)=O)C1. The maximum Gasteiger partial charge on any atom is 0.303 e. The summed E-state index contributed by atoms with van der Waals surface area (Å²) in [5.41, 5.74) is 7.15. The first-order valence-electron chi connectivity index (χ1n) is 8.55. The van der Waals surface area contributed by atoms with E-state index in [4.69, 9.17) is 10.8 Å². The van der Waals surface area contributed by atoms with Crippen LogP contribution in [-0.4, -0.2) is 22.9 Å². The van der Waals surface area contributed by atoms with E-state index in [2.05, 4.69) is 26.1 Å². The summed E-state index contributed by atoms with van der Waals surface area (Å²) in [6.45, 7) is 6.66. The van der Waals surface area contributed by atoms with Crippen molar-refractivity contribution >= 4 is 34.1 Å². The Morgan fingerprint density at radius 2 is 1.96 bits per heavy atom. The molecule has 0 bridgehead atoms. The third kappa shape index (κ3) is 4.81. The molecular weight excluding hydrogens is 340 g/mol. The van der Waals surface area contributed by atoms with Gasteiger partial charge in [0.05, 0.1) is 5.56 Å². The minimum absolute atomic E-state index is 0.0513. The van der Waals surface area contributed by atoms with E-state index < -0.39 is 11.9 Å². The molecule has 0 aromatic carbocycles. The molecule has 1 aliphatic rings. The first-order valence-corrected chi connectivity index (χ1v) is 9.37. The zero-order valence-electron chi connectivity index (χ0n) is 15.0. The first kappa shape index (κ1) is 19.4. The number of carbonyl (C=O) groups is 3. The summed E-state index contributed by atoms with van der Waals surface area (Å²) in [5, 5.41) is 11.9. The largest absolute Gasteiger partial charge is 0.481 e. The number of primary amides is 1. The van der Waals surface area contributed by atoms with E-state index in [0.717, 1.165) is 29.7 Å². The van der Waals surface area contributed by atoms with Crippen LogP contribution in [0.4, 0.5) is 5.00 Å². The number of rotatable bonds is 6. The summed E-state index contributed by atoms with van der Waals surface area (Å²) < 4.78 is 0. The van der Waals surface area contributed by atoms with E-state index in [0.29, 0.717) is 16.5 Å². The molecule has 1 aromatic rings. The van der Waals surface area contributed by atoms with Crippen LogP contribution in [0.1, 0.15) is 67.3 Å². The average molecular weight is 366 g/mol. The van der Waals surface area contributed by atoms with Crippen LogP contribution in [0, 0.1) is 11.3 Å². The molecule has 25 heavy (non-hydrogen) atoms. The molecule has 0 aliphatic heterocycles. The van der Waals surface area contributed by atoms with Crippen molar-refractivity contribution in [2.45, 2.75) is 59.3 Å². The molecule has 1 heterocycles. The van der Waals surface area contributed by atoms with E-state index in [1.54, 1.807) is 0 Å². The Morgan fingerprint density at radius 3 is 2.52 bits per heavy atom. The number of fused-ring (bicyclic) bond motifs is 1. The zero-order chi connectivity index (χ0) is 18.8. The van der Waals surface area contributed by atoms with Gasteiger partial charge in [-0.15, -0.1) is 11.3 Å². The number of carboxylic acid groups (broad SMARTS) is 1. The van der Waals surface area contributed by atoms with Crippen LogP contribution >= 0.6 is 11.3 Å². The molecule has 138 valence electrons. The highest BCUT2D eigenvalue weighted by atomic mass is 32.1. The summed E-state index contributed by atoms with van der Waals surface area (Å²) in [6.07, 6.45) is 3.01. The Bertz CT molecular complexity index is 688. The van der Waals surface area contributed by atoms with Crippen LogP contribution in [0.3, 0.4) is 0 Å². The fourth-order valence-corrected chi connectivity index (χ4v) is 4.61. The van der Waals surface area contributed by atoms with Gasteiger partial charge in [-0.3, -0.25) is 14.4 Å². The van der Waals surface area contributed by atoms with Gasteiger partial charge in [0.25, 0.3) is 5.91 Å². The van der Waals surface area contributed by atoms with Gasteiger partial charge in [0.1, 0.15) is 5.00 Å². The molecule has 1 aromatic heterocycles. The second-order valence-corrected chi connectivity index (χ2v) is 8.78. The number of nitrogens with two attached hydrogens (primary N) is 1. The summed E-state index contributed by atoms with van der Waals surface area (Å²) in [4.78, 5) is 35.6. The Kier molecular flexibility index (Phi) is 5.87. The van der Waals surface area contributed by atoms with Crippen molar-refractivity contribution in [2.75, 3.05) is 5.32 Å². The standard InChI is InChI=1S/C18H26N2O4S/c1-18(2,3)10-7-8-11-12(9-10)25-17(15(11)16(19)24)20-13(21)5-4-6-14(22)23/h10H,4-9H2,1-3H3,(H2,19,24)(H,20,21)(H,22,23). The molecule has 0 fully saturated rings. The van der Waals surface area contributed by atoms with Gasteiger partial charge in [0, 0.05) is 17.7 Å². The first-order chi connectivity index (χ1) is 11.6. The minimum Gasteiger partial charge on any atom is -0.481 e. The topological polar surface area (TPSA) is 109 Å². The molecule has 0 spiro atoms. The van der Waals surface area contributed by atoms with Crippen molar-refractivity contribution in [3.05, 3.63) is 16.0 Å². The van der Waals surface area contributed by atoms with Gasteiger partial charge in [-0.2, -0.15) is 0 Å². The molecule has 1 aliphatic carbocycles. The zero-order valence-corrected chi connectivity index (χ0v) is 15.8. The van der Waals surface area contributed by atoms with Crippen molar-refractivity contribution in [2.24, 2.45) is 17.1 Å². The number of nitrogens with one attached hydrogen (secondary N) is 1. The molecule has 4 N–H and O–H groups in total. The van der Waals surface area contributed by atoms with Gasteiger partial charge in [-0.05, 0) is 42.6 Å². The third-order valence-corrected chi connectivity index (χ3v) is 5.95. The van der Waals surface area contributed by atoms with E-state index in [9.17, 15) is 14.4 Å². The van der Waals surface area contributed by atoms with Crippen LogP contribution in [0.25, 0.3) is 0 Å². The molecule has 1 atom stereocenters. The Hall–Kier alpha value is -1.89. The number of aliphatic carboxylic acids is 1. The fraction of sp³-hybridized carbons (Fsp3) is 0.611. The number of hydrogen-bond acceptors (Lipinski definition) is 4. The van der Waals surface area contributed by atoms with Gasteiger partial charge in [0.15, 0.2) is 0 Å². The molecule has 0 saturated carbocycles. The van der Waals surface area contributed by atoms with Crippen molar-refractivity contribution in [1.29, 1.82) is 0 Å². The second-order valence-electron chi connectivity index (χ2n) is 7.67.